The van der Waals surface area contributed by atoms with Gasteiger partial charge in [0.1, 0.15) is 0 Å². The largest absolute Gasteiger partial charge is 0.281 e. The Morgan fingerprint density at radius 2 is 2.11 bits per heavy atom. The van der Waals surface area contributed by atoms with Crippen molar-refractivity contribution in [1.29, 1.82) is 0 Å². The molecule has 2 heteroatoms. The molecule has 0 unspecified atom stereocenters. The molecule has 0 heterocycles. The highest BCUT2D eigenvalue weighted by atomic mass is 35.5. The molecule has 0 rings (SSSR count). The predicted octanol–water partition coefficient (Wildman–Crippen LogP) is 2.27. The quantitative estimate of drug-likeness (QED) is 0.559. The molecule has 1 nitrogen and oxygen atoms in total. The van der Waals surface area contributed by atoms with Gasteiger partial charge in [-0.15, -0.1) is 0 Å². The van der Waals surface area contributed by atoms with Gasteiger partial charge in [-0.3, -0.25) is 4.79 Å². The van der Waals surface area contributed by atoms with Gasteiger partial charge in [0.25, 0.3) is 0 Å². The van der Waals surface area contributed by atoms with E-state index in [9.17, 15) is 4.79 Å². The van der Waals surface area contributed by atoms with Crippen LogP contribution in [0.25, 0.3) is 0 Å². The number of carbonyl (C=O) groups is 1. The zero-order valence-corrected chi connectivity index (χ0v) is 6.53. The molecule has 0 spiro atoms. The summed E-state index contributed by atoms with van der Waals surface area (Å²) in [6, 6.07) is 0. The molecule has 0 N–H and O–H groups in total. The monoisotopic (exact) mass is 146 g/mol. The summed E-state index contributed by atoms with van der Waals surface area (Å²) >= 11 is 5.15. The Kier molecular flexibility index (Phi) is 3.20. The second-order valence-corrected chi connectivity index (χ2v) is 3.32. The van der Waals surface area contributed by atoms with Crippen molar-refractivity contribution < 1.29 is 4.79 Å². The summed E-state index contributed by atoms with van der Waals surface area (Å²) in [5.74, 6) is 0. The van der Waals surface area contributed by atoms with Gasteiger partial charge in [0, 0.05) is 6.42 Å². The molecule has 0 aliphatic rings. The highest BCUT2D eigenvalue weighted by molar-refractivity contribution is 6.63. The van der Waals surface area contributed by atoms with E-state index < -0.39 is 0 Å². The van der Waals surface area contributed by atoms with Gasteiger partial charge in [0.15, 0.2) is 0 Å². The third-order valence-electron chi connectivity index (χ3n) is 1.17. The number of carbonyl (C=O) groups excluding carboxylic acids is 1. The number of halogens is 1. The van der Waals surface area contributed by atoms with Crippen LogP contribution in [0.3, 0.4) is 0 Å². The van der Waals surface area contributed by atoms with Crippen LogP contribution >= 0.6 is 11.6 Å². The molecule has 0 aromatic heterocycles. The topological polar surface area (TPSA) is 17.1 Å². The third-order valence-corrected chi connectivity index (χ3v) is 1.30. The lowest BCUT2D eigenvalue weighted by molar-refractivity contribution is -0.113. The van der Waals surface area contributed by atoms with Gasteiger partial charge in [0.05, 0.1) is 0 Å². The normalized spacial score (nSPS) is 11.6. The molecule has 52 valence electrons. The molecule has 0 saturated heterocycles. The molecular formula is C7H11ClO. The maximum atomic E-state index is 10.3. The SMILES string of the molecule is [CH]CC(C)(C)CC(=O)Cl. The molecule has 0 fully saturated rings. The first-order valence-electron chi connectivity index (χ1n) is 2.86. The van der Waals surface area contributed by atoms with Gasteiger partial charge in [-0.25, -0.2) is 0 Å². The molecule has 0 bridgehead atoms. The lowest BCUT2D eigenvalue weighted by Crippen LogP contribution is -2.12. The van der Waals surface area contributed by atoms with Crippen LogP contribution in [0.4, 0.5) is 0 Å². The Morgan fingerprint density at radius 1 is 1.67 bits per heavy atom. The van der Waals surface area contributed by atoms with Gasteiger partial charge >= 0.3 is 0 Å². The van der Waals surface area contributed by atoms with E-state index in [1.54, 1.807) is 0 Å². The minimum Gasteiger partial charge on any atom is -0.281 e. The van der Waals surface area contributed by atoms with Crippen LogP contribution in [0, 0.1) is 12.3 Å². The Labute approximate surface area is 61.4 Å². The van der Waals surface area contributed by atoms with Crippen LogP contribution in [0.2, 0.25) is 0 Å². The summed E-state index contributed by atoms with van der Waals surface area (Å²) < 4.78 is 0. The highest BCUT2D eigenvalue weighted by Gasteiger charge is 2.17. The lowest BCUT2D eigenvalue weighted by Gasteiger charge is -2.18. The van der Waals surface area contributed by atoms with Crippen LogP contribution in [-0.2, 0) is 4.79 Å². The smallest absolute Gasteiger partial charge is 0.222 e. The van der Waals surface area contributed by atoms with Crippen LogP contribution in [0.15, 0.2) is 0 Å². The molecule has 0 aromatic carbocycles. The highest BCUT2D eigenvalue weighted by Crippen LogP contribution is 2.24. The van der Waals surface area contributed by atoms with E-state index in [-0.39, 0.29) is 10.7 Å². The average Bonchev–Trinajstić information content (AvgIpc) is 1.63. The summed E-state index contributed by atoms with van der Waals surface area (Å²) in [5, 5.41) is -0.314. The van der Waals surface area contributed by atoms with E-state index in [1.807, 2.05) is 13.8 Å². The Hall–Kier alpha value is -0.0400. The number of hydrogen-bond donors (Lipinski definition) is 0. The predicted molar refractivity (Wildman–Crippen MR) is 38.2 cm³/mol. The maximum absolute atomic E-state index is 10.3. The second kappa shape index (κ2) is 3.21. The van der Waals surface area contributed by atoms with Gasteiger partial charge < -0.3 is 0 Å². The first-order chi connectivity index (χ1) is 3.98. The summed E-state index contributed by atoms with van der Waals surface area (Å²) in [6.45, 7) is 9.16. The molecule has 0 aliphatic heterocycles. The van der Waals surface area contributed by atoms with Crippen molar-refractivity contribution in [3.63, 3.8) is 0 Å². The Morgan fingerprint density at radius 3 is 2.22 bits per heavy atom. The van der Waals surface area contributed by atoms with E-state index in [1.165, 1.54) is 0 Å². The molecular weight excluding hydrogens is 136 g/mol. The summed E-state index contributed by atoms with van der Waals surface area (Å²) in [7, 11) is 0. The Bertz CT molecular complexity index is 107. The second-order valence-electron chi connectivity index (χ2n) is 2.90. The standard InChI is InChI=1S/C7H11ClO/c1-4-7(2,3)5-6(8)9/h1H,4-5H2,2-3H3. The molecule has 2 radical (unpaired) electrons. The first kappa shape index (κ1) is 8.96. The van der Waals surface area contributed by atoms with Crippen molar-refractivity contribution in [1.82, 2.24) is 0 Å². The van der Waals surface area contributed by atoms with Crippen molar-refractivity contribution in [2.24, 2.45) is 5.41 Å². The molecule has 0 aliphatic carbocycles. The van der Waals surface area contributed by atoms with E-state index >= 15 is 0 Å². The summed E-state index contributed by atoms with van der Waals surface area (Å²) in [4.78, 5) is 10.3. The zero-order chi connectivity index (χ0) is 7.49. The molecule has 0 saturated carbocycles. The number of hydrogen-bond acceptors (Lipinski definition) is 1. The van der Waals surface area contributed by atoms with E-state index in [4.69, 9.17) is 18.5 Å². The average molecular weight is 147 g/mol. The molecule has 0 aromatic rings. The summed E-state index contributed by atoms with van der Waals surface area (Å²) in [5.41, 5.74) is -0.140. The van der Waals surface area contributed by atoms with Crippen LogP contribution < -0.4 is 0 Å². The van der Waals surface area contributed by atoms with Crippen LogP contribution in [-0.4, -0.2) is 5.24 Å². The maximum Gasteiger partial charge on any atom is 0.222 e. The first-order valence-corrected chi connectivity index (χ1v) is 3.24. The lowest BCUT2D eigenvalue weighted by atomic mass is 9.87. The van der Waals surface area contributed by atoms with Crippen molar-refractivity contribution in [3.05, 3.63) is 6.92 Å². The fraction of sp³-hybridized carbons (Fsp3) is 0.714. The van der Waals surface area contributed by atoms with E-state index in [0.29, 0.717) is 12.8 Å². The van der Waals surface area contributed by atoms with Gasteiger partial charge in [0.2, 0.25) is 5.24 Å². The van der Waals surface area contributed by atoms with Gasteiger partial charge in [-0.05, 0) is 30.4 Å². The van der Waals surface area contributed by atoms with Crippen molar-refractivity contribution in [2.45, 2.75) is 26.7 Å². The van der Waals surface area contributed by atoms with E-state index in [2.05, 4.69) is 0 Å². The van der Waals surface area contributed by atoms with Gasteiger partial charge in [-0.1, -0.05) is 13.8 Å². The van der Waals surface area contributed by atoms with Gasteiger partial charge in [-0.2, -0.15) is 0 Å². The third kappa shape index (κ3) is 4.46. The fourth-order valence-electron chi connectivity index (χ4n) is 0.448. The number of rotatable bonds is 3. The molecule has 0 amide bonds. The molecule has 9 heavy (non-hydrogen) atoms. The van der Waals surface area contributed by atoms with Crippen LogP contribution in [0.1, 0.15) is 26.7 Å². The fourth-order valence-corrected chi connectivity index (χ4v) is 0.810. The van der Waals surface area contributed by atoms with Crippen molar-refractivity contribution in [2.75, 3.05) is 0 Å². The molecule has 0 atom stereocenters. The minimum absolute atomic E-state index is 0.140. The van der Waals surface area contributed by atoms with E-state index in [0.717, 1.165) is 0 Å². The van der Waals surface area contributed by atoms with Crippen LogP contribution in [0.5, 0.6) is 0 Å². The Balaban J connectivity index is 3.71. The minimum atomic E-state index is -0.314. The summed E-state index contributed by atoms with van der Waals surface area (Å²) in [6.07, 6.45) is 0.844. The van der Waals surface area contributed by atoms with Crippen molar-refractivity contribution in [3.8, 4) is 0 Å². The zero-order valence-electron chi connectivity index (χ0n) is 5.78. The van der Waals surface area contributed by atoms with Crippen molar-refractivity contribution >= 4 is 16.8 Å².